The minimum Gasteiger partial charge on any atom is -0.389 e. The van der Waals surface area contributed by atoms with Crippen molar-refractivity contribution in [1.82, 2.24) is 14.6 Å². The lowest BCUT2D eigenvalue weighted by Crippen LogP contribution is -2.52. The van der Waals surface area contributed by atoms with Gasteiger partial charge >= 0.3 is 0 Å². The van der Waals surface area contributed by atoms with E-state index in [1.165, 1.54) is 6.07 Å². The van der Waals surface area contributed by atoms with Gasteiger partial charge in [0, 0.05) is 28.9 Å². The molecule has 1 saturated heterocycles. The van der Waals surface area contributed by atoms with E-state index in [1.54, 1.807) is 36.1 Å². The van der Waals surface area contributed by atoms with Crippen LogP contribution in [0.3, 0.4) is 0 Å². The number of anilines is 1. The smallest absolute Gasteiger partial charge is 0.283 e. The number of halogens is 4. The molecule has 0 radical (unpaired) electrons. The van der Waals surface area contributed by atoms with Crippen LogP contribution in [-0.2, 0) is 0 Å². The molecule has 4 rings (SSSR count). The number of rotatable bonds is 4. The Bertz CT molecular complexity index is 1410. The van der Waals surface area contributed by atoms with Gasteiger partial charge in [0.1, 0.15) is 29.0 Å². The van der Waals surface area contributed by atoms with Gasteiger partial charge in [-0.3, -0.25) is 0 Å². The Hall–Kier alpha value is -3.42. The zero-order valence-electron chi connectivity index (χ0n) is 16.7. The standard InChI is InChI=1S/C21H16ClF3N6O/c1-10-14(4-11-2-3-12(22)5-15(11)17(23)7-27)21(30-8-13(32)9-30)31-20(28-10)16(6-26)18(29-31)19(24)25/h2-5,7,13,19,27,32H,8-9H2,1H3/b11-4+,17-15+,27-7?. The van der Waals surface area contributed by atoms with Crippen molar-refractivity contribution in [3.8, 4) is 6.07 Å². The van der Waals surface area contributed by atoms with Crippen LogP contribution < -0.4 is 15.3 Å². The van der Waals surface area contributed by atoms with Crippen molar-refractivity contribution in [2.75, 3.05) is 18.0 Å². The second-order valence-electron chi connectivity index (χ2n) is 7.27. The topological polar surface area (TPSA) is 101 Å². The van der Waals surface area contributed by atoms with Crippen molar-refractivity contribution in [1.29, 1.82) is 10.7 Å². The van der Waals surface area contributed by atoms with Crippen LogP contribution in [0.4, 0.5) is 19.0 Å². The number of hydrogen-bond acceptors (Lipinski definition) is 6. The molecule has 2 N–H and O–H groups in total. The first-order valence-electron chi connectivity index (χ1n) is 9.47. The van der Waals surface area contributed by atoms with Gasteiger partial charge in [-0.05, 0) is 30.4 Å². The Morgan fingerprint density at radius 3 is 2.72 bits per heavy atom. The first-order chi connectivity index (χ1) is 15.2. The highest BCUT2D eigenvalue weighted by atomic mass is 35.5. The van der Waals surface area contributed by atoms with Crippen molar-refractivity contribution >= 4 is 41.2 Å². The summed E-state index contributed by atoms with van der Waals surface area (Å²) in [5, 5.41) is 31.2. The maximum Gasteiger partial charge on any atom is 0.283 e. The fourth-order valence-corrected chi connectivity index (χ4v) is 3.80. The lowest BCUT2D eigenvalue weighted by Gasteiger charge is -2.38. The number of aryl methyl sites for hydroxylation is 1. The van der Waals surface area contributed by atoms with Crippen LogP contribution in [0.2, 0.25) is 5.02 Å². The molecule has 11 heteroatoms. The van der Waals surface area contributed by atoms with E-state index in [0.29, 0.717) is 28.5 Å². The van der Waals surface area contributed by atoms with E-state index in [4.69, 9.17) is 17.0 Å². The molecule has 0 atom stereocenters. The number of aliphatic hydroxyl groups excluding tert-OH is 1. The molecular formula is C21H16ClF3N6O. The highest BCUT2D eigenvalue weighted by Gasteiger charge is 2.32. The second kappa shape index (κ2) is 8.26. The molecule has 1 fully saturated rings. The summed E-state index contributed by atoms with van der Waals surface area (Å²) in [6, 6.07) is 6.24. The molecule has 3 aromatic rings. The molecule has 0 spiro atoms. The van der Waals surface area contributed by atoms with E-state index >= 15 is 0 Å². The van der Waals surface area contributed by atoms with Crippen LogP contribution in [0.25, 0.3) is 17.6 Å². The molecule has 1 aliphatic heterocycles. The number of aromatic nitrogens is 3. The predicted octanol–water partition coefficient (Wildman–Crippen LogP) is 2.24. The summed E-state index contributed by atoms with van der Waals surface area (Å²) in [4.78, 5) is 6.05. The maximum absolute atomic E-state index is 14.3. The van der Waals surface area contributed by atoms with E-state index in [0.717, 1.165) is 4.52 Å². The minimum absolute atomic E-state index is 0.0256. The zero-order chi connectivity index (χ0) is 23.2. The Morgan fingerprint density at radius 2 is 2.12 bits per heavy atom. The third-order valence-electron chi connectivity index (χ3n) is 5.17. The number of nitrogens with one attached hydrogen (secondary N) is 1. The third-order valence-corrected chi connectivity index (χ3v) is 5.41. The molecule has 3 heterocycles. The van der Waals surface area contributed by atoms with Crippen molar-refractivity contribution in [3.05, 3.63) is 56.2 Å². The summed E-state index contributed by atoms with van der Waals surface area (Å²) in [7, 11) is 0. The molecular weight excluding hydrogens is 445 g/mol. The average molecular weight is 461 g/mol. The van der Waals surface area contributed by atoms with Gasteiger partial charge in [-0.1, -0.05) is 17.7 Å². The molecule has 164 valence electrons. The lowest BCUT2D eigenvalue weighted by molar-refractivity contribution is 0.139. The van der Waals surface area contributed by atoms with Crippen LogP contribution in [0.15, 0.2) is 18.2 Å². The Kier molecular flexibility index (Phi) is 5.62. The van der Waals surface area contributed by atoms with Gasteiger partial charge in [0.25, 0.3) is 6.43 Å². The van der Waals surface area contributed by atoms with Gasteiger partial charge in [-0.25, -0.2) is 18.2 Å². The number of fused-ring (bicyclic) bond motifs is 1. The molecule has 1 aliphatic rings. The predicted molar refractivity (Wildman–Crippen MR) is 113 cm³/mol. The molecule has 0 bridgehead atoms. The largest absolute Gasteiger partial charge is 0.389 e. The number of hydrogen-bond donors (Lipinski definition) is 2. The van der Waals surface area contributed by atoms with Crippen molar-refractivity contribution in [2.45, 2.75) is 19.5 Å². The van der Waals surface area contributed by atoms with Gasteiger partial charge in [0.15, 0.2) is 5.65 Å². The number of nitriles is 1. The van der Waals surface area contributed by atoms with Gasteiger partial charge in [0.05, 0.1) is 18.0 Å². The lowest BCUT2D eigenvalue weighted by atomic mass is 10.1. The summed E-state index contributed by atoms with van der Waals surface area (Å²) < 4.78 is 42.5. The minimum atomic E-state index is -2.98. The molecule has 0 saturated carbocycles. The zero-order valence-corrected chi connectivity index (χ0v) is 17.4. The third kappa shape index (κ3) is 3.59. The van der Waals surface area contributed by atoms with Crippen molar-refractivity contribution in [2.24, 2.45) is 0 Å². The summed E-state index contributed by atoms with van der Waals surface area (Å²) >= 11 is 5.99. The highest BCUT2D eigenvalue weighted by molar-refractivity contribution is 6.30. The number of β-amino-alcohol motifs (C(OH)–C–C–N with tert-alkyl or cyclic N) is 1. The average Bonchev–Trinajstić information content (AvgIpc) is 3.11. The van der Waals surface area contributed by atoms with Crippen LogP contribution in [0.1, 0.15) is 28.9 Å². The molecule has 2 aromatic heterocycles. The monoisotopic (exact) mass is 460 g/mol. The van der Waals surface area contributed by atoms with E-state index in [9.17, 15) is 23.5 Å². The van der Waals surface area contributed by atoms with Crippen LogP contribution in [0, 0.1) is 23.7 Å². The summed E-state index contributed by atoms with van der Waals surface area (Å²) in [5.41, 5.74) is -0.204. The van der Waals surface area contributed by atoms with Gasteiger partial charge in [-0.2, -0.15) is 14.9 Å². The van der Waals surface area contributed by atoms with Crippen molar-refractivity contribution < 1.29 is 18.3 Å². The fourth-order valence-electron chi connectivity index (χ4n) is 3.63. The first kappa shape index (κ1) is 21.8. The number of alkyl halides is 2. The molecule has 0 amide bonds. The highest BCUT2D eigenvalue weighted by Crippen LogP contribution is 2.32. The van der Waals surface area contributed by atoms with Gasteiger partial charge < -0.3 is 15.4 Å². The normalized spacial score (nSPS) is 15.8. The first-order valence-corrected chi connectivity index (χ1v) is 9.85. The van der Waals surface area contributed by atoms with Crippen molar-refractivity contribution in [3.63, 3.8) is 0 Å². The van der Waals surface area contributed by atoms with Crippen LogP contribution >= 0.6 is 11.6 Å². The Morgan fingerprint density at radius 1 is 1.41 bits per heavy atom. The van der Waals surface area contributed by atoms with E-state index in [-0.39, 0.29) is 34.5 Å². The van der Waals surface area contributed by atoms with Gasteiger partial charge in [0.2, 0.25) is 0 Å². The summed E-state index contributed by atoms with van der Waals surface area (Å²) in [6.07, 6.45) is -1.44. The molecule has 32 heavy (non-hydrogen) atoms. The maximum atomic E-state index is 14.3. The fraction of sp³-hybridized carbons (Fsp3) is 0.238. The second-order valence-corrected chi connectivity index (χ2v) is 7.71. The van der Waals surface area contributed by atoms with Crippen LogP contribution in [0.5, 0.6) is 0 Å². The quantitative estimate of drug-likeness (QED) is 0.581. The van der Waals surface area contributed by atoms with Crippen LogP contribution in [-0.4, -0.2) is 45.1 Å². The summed E-state index contributed by atoms with van der Waals surface area (Å²) in [5.74, 6) is -0.463. The Balaban J connectivity index is 2.11. The molecule has 1 aromatic carbocycles. The van der Waals surface area contributed by atoms with E-state index < -0.39 is 24.1 Å². The number of benzene rings is 1. The molecule has 7 nitrogen and oxygen atoms in total. The molecule has 0 unspecified atom stereocenters. The van der Waals surface area contributed by atoms with E-state index in [1.807, 2.05) is 0 Å². The number of nitrogens with zero attached hydrogens (tertiary/aromatic N) is 5. The number of aliphatic hydroxyl groups is 1. The van der Waals surface area contributed by atoms with Gasteiger partial charge in [-0.15, -0.1) is 0 Å². The molecule has 0 aliphatic carbocycles. The summed E-state index contributed by atoms with van der Waals surface area (Å²) in [6.45, 7) is 2.08. The Labute approximate surface area is 184 Å². The SMILES string of the molecule is Cc1nc2c(C#N)c(C(F)F)nn2c(N2CC(O)C2)c1/C=c1\ccc(Cl)c\c1=C(/F)C=N. The van der Waals surface area contributed by atoms with E-state index in [2.05, 4.69) is 10.1 Å².